The molecule has 0 bridgehead atoms. The van der Waals surface area contributed by atoms with Gasteiger partial charge in [0, 0.05) is 36.3 Å². The van der Waals surface area contributed by atoms with E-state index in [0.717, 1.165) is 31.2 Å². The number of ether oxygens (including phenoxy) is 1. The Morgan fingerprint density at radius 3 is 2.35 bits per heavy atom. The van der Waals surface area contributed by atoms with E-state index in [1.807, 2.05) is 29.2 Å². The lowest BCUT2D eigenvalue weighted by Gasteiger charge is -2.38. The summed E-state index contributed by atoms with van der Waals surface area (Å²) in [5.41, 5.74) is 0.485. The molecule has 1 aromatic carbocycles. The van der Waals surface area contributed by atoms with Crippen LogP contribution in [0.25, 0.3) is 11.3 Å². The fourth-order valence-electron chi connectivity index (χ4n) is 3.92. The smallest absolute Gasteiger partial charge is 0.409 e. The van der Waals surface area contributed by atoms with Gasteiger partial charge in [-0.05, 0) is 51.7 Å². The van der Waals surface area contributed by atoms with E-state index in [2.05, 4.69) is 4.98 Å². The highest BCUT2D eigenvalue weighted by Gasteiger charge is 2.39. The van der Waals surface area contributed by atoms with Gasteiger partial charge in [0.1, 0.15) is 6.61 Å². The van der Waals surface area contributed by atoms with Crippen molar-refractivity contribution in [2.45, 2.75) is 57.2 Å². The molecule has 2 fully saturated rings. The molecule has 1 saturated carbocycles. The topological polar surface area (TPSA) is 96.1 Å². The molecule has 2 amide bonds. The van der Waals surface area contributed by atoms with Gasteiger partial charge in [-0.15, -0.1) is 0 Å². The number of aliphatic hydroxyl groups is 1. The third-order valence-electron chi connectivity index (χ3n) is 5.69. The second-order valence-electron chi connectivity index (χ2n) is 8.97. The molecule has 1 aromatic heterocycles. The maximum absolute atomic E-state index is 13.3. The molecule has 2 heterocycles. The van der Waals surface area contributed by atoms with Crippen molar-refractivity contribution in [1.82, 2.24) is 14.8 Å². The SMILES string of the molecule is CC(C)(O)COC(=O)N1CCC(N(C(=O)c2ccc(-c3cnco3)cc2)C2CC2)CC1. The van der Waals surface area contributed by atoms with Crippen LogP contribution in [0.3, 0.4) is 0 Å². The van der Waals surface area contributed by atoms with Gasteiger partial charge in [0.2, 0.25) is 0 Å². The van der Waals surface area contributed by atoms with Crippen LogP contribution in [0, 0.1) is 0 Å². The normalized spacial score (nSPS) is 17.5. The second-order valence-corrected chi connectivity index (χ2v) is 8.97. The monoisotopic (exact) mass is 427 g/mol. The van der Waals surface area contributed by atoms with Gasteiger partial charge >= 0.3 is 6.09 Å². The molecule has 166 valence electrons. The first-order chi connectivity index (χ1) is 14.8. The van der Waals surface area contributed by atoms with Gasteiger partial charge in [0.25, 0.3) is 5.91 Å². The summed E-state index contributed by atoms with van der Waals surface area (Å²) in [5.74, 6) is 0.705. The number of piperidine rings is 1. The highest BCUT2D eigenvalue weighted by Crippen LogP contribution is 2.33. The molecule has 2 aromatic rings. The number of amides is 2. The minimum Gasteiger partial charge on any atom is -0.446 e. The number of hydrogen-bond donors (Lipinski definition) is 1. The Bertz CT molecular complexity index is 892. The summed E-state index contributed by atoms with van der Waals surface area (Å²) in [6.45, 7) is 4.24. The van der Waals surface area contributed by atoms with Crippen LogP contribution in [0.5, 0.6) is 0 Å². The van der Waals surface area contributed by atoms with Gasteiger partial charge in [0.15, 0.2) is 12.2 Å². The van der Waals surface area contributed by atoms with Crippen LogP contribution in [0.1, 0.15) is 49.9 Å². The number of oxazole rings is 1. The van der Waals surface area contributed by atoms with E-state index in [9.17, 15) is 14.7 Å². The number of carbonyl (C=O) groups is 2. The summed E-state index contributed by atoms with van der Waals surface area (Å²) in [4.78, 5) is 33.2. The molecule has 0 unspecified atom stereocenters. The quantitative estimate of drug-likeness (QED) is 0.760. The molecule has 0 radical (unpaired) electrons. The van der Waals surface area contributed by atoms with E-state index >= 15 is 0 Å². The summed E-state index contributed by atoms with van der Waals surface area (Å²) in [7, 11) is 0. The summed E-state index contributed by atoms with van der Waals surface area (Å²) in [6, 6.07) is 7.80. The molecule has 8 nitrogen and oxygen atoms in total. The molecular formula is C23H29N3O5. The van der Waals surface area contributed by atoms with E-state index in [1.165, 1.54) is 6.39 Å². The van der Waals surface area contributed by atoms with Crippen LogP contribution in [-0.2, 0) is 4.74 Å². The highest BCUT2D eigenvalue weighted by molar-refractivity contribution is 5.95. The maximum atomic E-state index is 13.3. The third kappa shape index (κ3) is 5.25. The van der Waals surface area contributed by atoms with Crippen molar-refractivity contribution in [3.8, 4) is 11.3 Å². The van der Waals surface area contributed by atoms with Crippen molar-refractivity contribution in [1.29, 1.82) is 0 Å². The van der Waals surface area contributed by atoms with E-state index in [4.69, 9.17) is 9.15 Å². The minimum atomic E-state index is -1.05. The van der Waals surface area contributed by atoms with E-state index in [-0.39, 0.29) is 24.6 Å². The molecule has 31 heavy (non-hydrogen) atoms. The lowest BCUT2D eigenvalue weighted by Crippen LogP contribution is -2.50. The fourth-order valence-corrected chi connectivity index (χ4v) is 3.92. The third-order valence-corrected chi connectivity index (χ3v) is 5.69. The van der Waals surface area contributed by atoms with Gasteiger partial charge in [-0.2, -0.15) is 0 Å². The Balaban J connectivity index is 1.37. The summed E-state index contributed by atoms with van der Waals surface area (Å²) < 4.78 is 10.5. The number of benzene rings is 1. The van der Waals surface area contributed by atoms with E-state index < -0.39 is 11.7 Å². The average molecular weight is 428 g/mol. The van der Waals surface area contributed by atoms with Gasteiger partial charge < -0.3 is 24.1 Å². The summed E-state index contributed by atoms with van der Waals surface area (Å²) >= 11 is 0. The standard InChI is InChI=1S/C23H29N3O5/c1-23(2,29)14-30-22(28)25-11-9-19(10-12-25)26(18-7-8-18)21(27)17-5-3-16(4-6-17)20-13-24-15-31-20/h3-6,13,15,18-19,29H,7-12,14H2,1-2H3. The average Bonchev–Trinajstić information content (AvgIpc) is 3.43. The number of hydrogen-bond acceptors (Lipinski definition) is 6. The Morgan fingerprint density at radius 2 is 1.81 bits per heavy atom. The van der Waals surface area contributed by atoms with Crippen LogP contribution >= 0.6 is 0 Å². The van der Waals surface area contributed by atoms with Gasteiger partial charge in [-0.25, -0.2) is 9.78 Å². The molecule has 1 saturated heterocycles. The minimum absolute atomic E-state index is 0.0367. The lowest BCUT2D eigenvalue weighted by atomic mass is 10.0. The lowest BCUT2D eigenvalue weighted by molar-refractivity contribution is -0.00770. The molecule has 1 aliphatic carbocycles. The first kappa shape index (κ1) is 21.4. The van der Waals surface area contributed by atoms with Gasteiger partial charge in [0.05, 0.1) is 11.8 Å². The van der Waals surface area contributed by atoms with Crippen molar-refractivity contribution >= 4 is 12.0 Å². The van der Waals surface area contributed by atoms with Crippen molar-refractivity contribution in [3.05, 3.63) is 42.4 Å². The molecule has 1 N–H and O–H groups in total. The highest BCUT2D eigenvalue weighted by atomic mass is 16.6. The zero-order chi connectivity index (χ0) is 22.0. The summed E-state index contributed by atoms with van der Waals surface area (Å²) in [6.07, 6.45) is 6.11. The first-order valence-corrected chi connectivity index (χ1v) is 10.8. The Kier molecular flexibility index (Phi) is 6.00. The number of aromatic nitrogens is 1. The number of nitrogens with zero attached hydrogens (tertiary/aromatic N) is 3. The zero-order valence-corrected chi connectivity index (χ0v) is 18.0. The van der Waals surface area contributed by atoms with Crippen LogP contribution in [-0.4, -0.2) is 69.3 Å². The van der Waals surface area contributed by atoms with E-state index in [1.54, 1.807) is 24.9 Å². The Labute approximate surface area is 181 Å². The van der Waals surface area contributed by atoms with Crippen molar-refractivity contribution in [3.63, 3.8) is 0 Å². The molecule has 0 atom stereocenters. The second kappa shape index (κ2) is 8.70. The van der Waals surface area contributed by atoms with Crippen LogP contribution in [0.4, 0.5) is 4.79 Å². The molecule has 0 spiro atoms. The van der Waals surface area contributed by atoms with Crippen LogP contribution in [0.15, 0.2) is 41.3 Å². The molecular weight excluding hydrogens is 398 g/mol. The molecule has 1 aliphatic heterocycles. The summed E-state index contributed by atoms with van der Waals surface area (Å²) in [5, 5.41) is 9.74. The molecule has 4 rings (SSSR count). The first-order valence-electron chi connectivity index (χ1n) is 10.8. The van der Waals surface area contributed by atoms with Gasteiger partial charge in [-0.3, -0.25) is 4.79 Å². The molecule has 8 heteroatoms. The predicted octanol–water partition coefficient (Wildman–Crippen LogP) is 3.32. The van der Waals surface area contributed by atoms with Crippen LogP contribution < -0.4 is 0 Å². The Morgan fingerprint density at radius 1 is 1.16 bits per heavy atom. The Hall–Kier alpha value is -2.87. The van der Waals surface area contributed by atoms with Crippen molar-refractivity contribution in [2.75, 3.05) is 19.7 Å². The fraction of sp³-hybridized carbons (Fsp3) is 0.522. The maximum Gasteiger partial charge on any atom is 0.409 e. The van der Waals surface area contributed by atoms with Crippen molar-refractivity contribution in [2.24, 2.45) is 0 Å². The van der Waals surface area contributed by atoms with E-state index in [0.29, 0.717) is 24.4 Å². The predicted molar refractivity (Wildman–Crippen MR) is 113 cm³/mol. The molecule has 2 aliphatic rings. The number of rotatable bonds is 6. The zero-order valence-electron chi connectivity index (χ0n) is 18.0. The van der Waals surface area contributed by atoms with Crippen LogP contribution in [0.2, 0.25) is 0 Å². The number of likely N-dealkylation sites (tertiary alicyclic amines) is 1. The van der Waals surface area contributed by atoms with Gasteiger partial charge in [-0.1, -0.05) is 12.1 Å². The number of carbonyl (C=O) groups excluding carboxylic acids is 2. The largest absolute Gasteiger partial charge is 0.446 e. The van der Waals surface area contributed by atoms with Crippen molar-refractivity contribution < 1.29 is 23.8 Å².